The normalized spacial score (nSPS) is 16.2. The van der Waals surface area contributed by atoms with Gasteiger partial charge in [-0.15, -0.1) is 24.0 Å². The van der Waals surface area contributed by atoms with Crippen LogP contribution in [0.3, 0.4) is 0 Å². The molecule has 2 N–H and O–H groups in total. The van der Waals surface area contributed by atoms with Gasteiger partial charge in [-0.1, -0.05) is 12.5 Å². The number of aliphatic imine (C=N–C) groups is 1. The van der Waals surface area contributed by atoms with Gasteiger partial charge in [-0.05, 0) is 65.3 Å². The first-order chi connectivity index (χ1) is 11.5. The molecule has 2 heterocycles. The summed E-state index contributed by atoms with van der Waals surface area (Å²) in [7, 11) is 0. The minimum atomic E-state index is 0. The van der Waals surface area contributed by atoms with Gasteiger partial charge in [0.05, 0.1) is 12.2 Å². The molecule has 1 aromatic rings. The van der Waals surface area contributed by atoms with Crippen LogP contribution in [0.2, 0.25) is 0 Å². The van der Waals surface area contributed by atoms with Crippen molar-refractivity contribution in [3.63, 3.8) is 0 Å². The lowest BCUT2D eigenvalue weighted by Crippen LogP contribution is -2.54. The molecule has 1 aliphatic heterocycles. The lowest BCUT2D eigenvalue weighted by Gasteiger charge is -2.41. The Hall–Kier alpha value is -0.890. The summed E-state index contributed by atoms with van der Waals surface area (Å²) < 4.78 is 0. The lowest BCUT2D eigenvalue weighted by atomic mass is 9.98. The summed E-state index contributed by atoms with van der Waals surface area (Å²) in [5.74, 6) is 0.868. The quantitative estimate of drug-likeness (QED) is 0.390. The fraction of sp³-hybridized carbons (Fsp3) is 0.684. The van der Waals surface area contributed by atoms with E-state index in [2.05, 4.69) is 54.3 Å². The molecule has 1 fully saturated rings. The summed E-state index contributed by atoms with van der Waals surface area (Å²) in [5, 5.41) is 6.86. The number of halogens is 1. The van der Waals surface area contributed by atoms with Crippen LogP contribution < -0.4 is 10.6 Å². The second-order valence-electron chi connectivity index (χ2n) is 7.18. The first-order valence-electron chi connectivity index (χ1n) is 9.20. The number of aromatic nitrogens is 1. The summed E-state index contributed by atoms with van der Waals surface area (Å²) in [6.07, 6.45) is 5.83. The molecule has 1 aromatic heterocycles. The van der Waals surface area contributed by atoms with E-state index in [-0.39, 0.29) is 29.5 Å². The van der Waals surface area contributed by atoms with E-state index in [4.69, 9.17) is 4.99 Å². The summed E-state index contributed by atoms with van der Waals surface area (Å²) in [6.45, 7) is 13.6. The monoisotopic (exact) mass is 459 g/mol. The number of aryl methyl sites for hydroxylation is 1. The van der Waals surface area contributed by atoms with E-state index >= 15 is 0 Å². The molecule has 0 amide bonds. The van der Waals surface area contributed by atoms with Gasteiger partial charge in [0.25, 0.3) is 0 Å². The van der Waals surface area contributed by atoms with E-state index in [0.29, 0.717) is 6.54 Å². The fourth-order valence-corrected chi connectivity index (χ4v) is 3.09. The highest BCUT2D eigenvalue weighted by molar-refractivity contribution is 14.0. The Kier molecular flexibility index (Phi) is 9.71. The Morgan fingerprint density at radius 3 is 2.60 bits per heavy atom. The van der Waals surface area contributed by atoms with Gasteiger partial charge in [-0.3, -0.25) is 9.88 Å². The van der Waals surface area contributed by atoms with Crippen LogP contribution in [-0.4, -0.2) is 47.6 Å². The highest BCUT2D eigenvalue weighted by atomic mass is 127. The van der Waals surface area contributed by atoms with E-state index in [1.165, 1.54) is 37.9 Å². The number of hydrogen-bond acceptors (Lipinski definition) is 3. The van der Waals surface area contributed by atoms with Crippen LogP contribution in [-0.2, 0) is 6.54 Å². The number of pyridine rings is 1. The Bertz CT molecular complexity index is 538. The number of rotatable bonds is 6. The topological polar surface area (TPSA) is 52.6 Å². The fourth-order valence-electron chi connectivity index (χ4n) is 3.09. The van der Waals surface area contributed by atoms with E-state index in [1.54, 1.807) is 0 Å². The van der Waals surface area contributed by atoms with Gasteiger partial charge in [0.2, 0.25) is 0 Å². The minimum Gasteiger partial charge on any atom is -0.357 e. The molecular formula is C19H34IN5. The number of guanidine groups is 1. The van der Waals surface area contributed by atoms with Gasteiger partial charge in [-0.25, -0.2) is 4.99 Å². The average Bonchev–Trinajstić information content (AvgIpc) is 2.59. The molecule has 6 heteroatoms. The van der Waals surface area contributed by atoms with Crippen molar-refractivity contribution in [1.29, 1.82) is 0 Å². The van der Waals surface area contributed by atoms with E-state index in [1.807, 2.05) is 12.3 Å². The maximum atomic E-state index is 4.71. The largest absolute Gasteiger partial charge is 0.357 e. The van der Waals surface area contributed by atoms with Crippen LogP contribution in [0.5, 0.6) is 0 Å². The number of likely N-dealkylation sites (tertiary alicyclic amines) is 1. The molecule has 0 aromatic carbocycles. The van der Waals surface area contributed by atoms with Gasteiger partial charge in [0, 0.05) is 24.8 Å². The molecule has 1 saturated heterocycles. The second-order valence-corrected chi connectivity index (χ2v) is 7.18. The highest BCUT2D eigenvalue weighted by Gasteiger charge is 2.27. The molecule has 2 rings (SSSR count). The van der Waals surface area contributed by atoms with Gasteiger partial charge < -0.3 is 10.6 Å². The van der Waals surface area contributed by atoms with Crippen LogP contribution in [0.1, 0.15) is 51.3 Å². The molecule has 142 valence electrons. The maximum Gasteiger partial charge on any atom is 0.191 e. The molecule has 25 heavy (non-hydrogen) atoms. The first kappa shape index (κ1) is 22.2. The summed E-state index contributed by atoms with van der Waals surface area (Å²) in [6, 6.07) is 4.05. The van der Waals surface area contributed by atoms with Crippen LogP contribution in [0.4, 0.5) is 0 Å². The number of hydrogen-bond donors (Lipinski definition) is 2. The second kappa shape index (κ2) is 11.0. The Morgan fingerprint density at radius 2 is 1.96 bits per heavy atom. The van der Waals surface area contributed by atoms with Crippen LogP contribution in [0, 0.1) is 6.92 Å². The van der Waals surface area contributed by atoms with Crippen molar-refractivity contribution in [2.24, 2.45) is 4.99 Å². The maximum absolute atomic E-state index is 4.71. The third kappa shape index (κ3) is 7.09. The van der Waals surface area contributed by atoms with Crippen molar-refractivity contribution in [2.75, 3.05) is 26.2 Å². The van der Waals surface area contributed by atoms with Crippen LogP contribution in [0.25, 0.3) is 0 Å². The van der Waals surface area contributed by atoms with Crippen molar-refractivity contribution < 1.29 is 0 Å². The molecular weight excluding hydrogens is 425 g/mol. The van der Waals surface area contributed by atoms with Crippen molar-refractivity contribution in [1.82, 2.24) is 20.5 Å². The summed E-state index contributed by atoms with van der Waals surface area (Å²) >= 11 is 0. The van der Waals surface area contributed by atoms with E-state index in [9.17, 15) is 0 Å². The zero-order valence-electron chi connectivity index (χ0n) is 16.1. The predicted molar refractivity (Wildman–Crippen MR) is 117 cm³/mol. The Labute approximate surface area is 170 Å². The number of piperidine rings is 1. The average molecular weight is 459 g/mol. The number of nitrogens with one attached hydrogen (secondary N) is 2. The van der Waals surface area contributed by atoms with Gasteiger partial charge in [-0.2, -0.15) is 0 Å². The van der Waals surface area contributed by atoms with Crippen molar-refractivity contribution in [2.45, 2.75) is 59.0 Å². The summed E-state index contributed by atoms with van der Waals surface area (Å²) in [4.78, 5) is 11.7. The molecule has 0 unspecified atom stereocenters. The highest BCUT2D eigenvalue weighted by Crippen LogP contribution is 2.19. The zero-order chi connectivity index (χ0) is 17.4. The predicted octanol–water partition coefficient (Wildman–Crippen LogP) is 3.33. The molecule has 0 saturated carbocycles. The van der Waals surface area contributed by atoms with Gasteiger partial charge in [0.1, 0.15) is 0 Å². The minimum absolute atomic E-state index is 0. The Balaban J connectivity index is 0.00000312. The molecule has 5 nitrogen and oxygen atoms in total. The van der Waals surface area contributed by atoms with Crippen LogP contribution >= 0.6 is 24.0 Å². The molecule has 0 radical (unpaired) electrons. The van der Waals surface area contributed by atoms with Crippen LogP contribution in [0.15, 0.2) is 23.3 Å². The third-order valence-corrected chi connectivity index (χ3v) is 4.75. The SMILES string of the molecule is CCNC(=NCc1ncccc1C)NCC(C)(C)N1CCCCC1.I. The molecule has 0 aliphatic carbocycles. The zero-order valence-corrected chi connectivity index (χ0v) is 18.5. The summed E-state index contributed by atoms with van der Waals surface area (Å²) in [5.41, 5.74) is 2.35. The molecule has 0 atom stereocenters. The van der Waals surface area contributed by atoms with Crippen molar-refractivity contribution in [3.05, 3.63) is 29.6 Å². The smallest absolute Gasteiger partial charge is 0.191 e. The molecule has 0 bridgehead atoms. The standard InChI is InChI=1S/C19H33N5.HI/c1-5-20-18(22-14-17-16(2)10-9-11-21-17)23-15-19(3,4)24-12-7-6-8-13-24;/h9-11H,5-8,12-15H2,1-4H3,(H2,20,22,23);1H. The van der Waals surface area contributed by atoms with E-state index in [0.717, 1.165) is 24.7 Å². The molecule has 1 aliphatic rings. The first-order valence-corrected chi connectivity index (χ1v) is 9.20. The Morgan fingerprint density at radius 1 is 1.24 bits per heavy atom. The lowest BCUT2D eigenvalue weighted by molar-refractivity contribution is 0.0982. The number of nitrogens with zero attached hydrogens (tertiary/aromatic N) is 3. The van der Waals surface area contributed by atoms with E-state index < -0.39 is 0 Å². The van der Waals surface area contributed by atoms with Crippen molar-refractivity contribution in [3.8, 4) is 0 Å². The third-order valence-electron chi connectivity index (χ3n) is 4.75. The van der Waals surface area contributed by atoms with Crippen molar-refractivity contribution >= 4 is 29.9 Å². The van der Waals surface area contributed by atoms with Gasteiger partial charge >= 0.3 is 0 Å². The molecule has 0 spiro atoms. The van der Waals surface area contributed by atoms with Gasteiger partial charge in [0.15, 0.2) is 5.96 Å².